The van der Waals surface area contributed by atoms with E-state index < -0.39 is 0 Å². The fourth-order valence-corrected chi connectivity index (χ4v) is 4.87. The first kappa shape index (κ1) is 19.4. The summed E-state index contributed by atoms with van der Waals surface area (Å²) in [5, 5.41) is 0. The van der Waals surface area contributed by atoms with Crippen LogP contribution in [0.3, 0.4) is 0 Å². The summed E-state index contributed by atoms with van der Waals surface area (Å²) in [4.78, 5) is 4.99. The van der Waals surface area contributed by atoms with E-state index in [4.69, 9.17) is 0 Å². The molecule has 1 aliphatic heterocycles. The molecule has 0 amide bonds. The van der Waals surface area contributed by atoms with E-state index in [1.54, 1.807) is 0 Å². The zero-order valence-electron chi connectivity index (χ0n) is 18.6. The van der Waals surface area contributed by atoms with Gasteiger partial charge in [0.05, 0.1) is 13.2 Å². The summed E-state index contributed by atoms with van der Waals surface area (Å²) in [5.74, 6) is 1.20. The molecule has 152 valence electrons. The van der Waals surface area contributed by atoms with Gasteiger partial charge >= 0.3 is 6.98 Å². The number of fused-ring (bicyclic) bond motifs is 1. The smallest absolute Gasteiger partial charge is 0.333 e. The largest absolute Gasteiger partial charge is 0.543 e. The van der Waals surface area contributed by atoms with Gasteiger partial charge in [0.25, 0.3) is 5.82 Å². The molecule has 31 heavy (non-hydrogen) atoms. The Morgan fingerprint density at radius 3 is 1.94 bits per heavy atom. The molecular formula is C27H27BN3+. The van der Waals surface area contributed by atoms with Gasteiger partial charge in [-0.25, -0.2) is 4.57 Å². The number of anilines is 4. The van der Waals surface area contributed by atoms with Crippen LogP contribution in [0.5, 0.6) is 0 Å². The highest BCUT2D eigenvalue weighted by Crippen LogP contribution is 2.44. The Labute approximate surface area is 185 Å². The predicted octanol–water partition coefficient (Wildman–Crippen LogP) is 5.12. The molecule has 0 saturated carbocycles. The SMILES string of the molecule is Cc1ccccc1N1B(c2c(C)cccc2C)N(c2ccccc2)c2ccc[n+](C)c21. The quantitative estimate of drug-likeness (QED) is 0.347. The Bertz CT molecular complexity index is 1230. The van der Waals surface area contributed by atoms with E-state index in [-0.39, 0.29) is 6.98 Å². The van der Waals surface area contributed by atoms with Crippen molar-refractivity contribution in [1.82, 2.24) is 0 Å². The first-order valence-electron chi connectivity index (χ1n) is 10.8. The molecule has 4 heteroatoms. The number of hydrogen-bond donors (Lipinski definition) is 0. The van der Waals surface area contributed by atoms with Crippen LogP contribution in [0.2, 0.25) is 0 Å². The molecule has 0 N–H and O–H groups in total. The topological polar surface area (TPSA) is 10.4 Å². The summed E-state index contributed by atoms with van der Waals surface area (Å²) < 4.78 is 2.24. The van der Waals surface area contributed by atoms with E-state index in [9.17, 15) is 0 Å². The minimum Gasteiger partial charge on any atom is -0.333 e. The zero-order valence-corrected chi connectivity index (χ0v) is 18.6. The van der Waals surface area contributed by atoms with Crippen LogP contribution in [0.4, 0.5) is 22.9 Å². The number of pyridine rings is 1. The van der Waals surface area contributed by atoms with Gasteiger partial charge in [-0.15, -0.1) is 0 Å². The molecule has 1 aliphatic rings. The molecule has 4 aromatic rings. The van der Waals surface area contributed by atoms with Crippen LogP contribution in [0.1, 0.15) is 16.7 Å². The van der Waals surface area contributed by atoms with E-state index in [0.29, 0.717) is 0 Å². The molecule has 3 nitrogen and oxygen atoms in total. The summed E-state index contributed by atoms with van der Waals surface area (Å²) in [6.07, 6.45) is 2.14. The third kappa shape index (κ3) is 3.10. The minimum atomic E-state index is 0.0216. The molecule has 2 heterocycles. The second-order valence-electron chi connectivity index (χ2n) is 8.37. The van der Waals surface area contributed by atoms with Crippen LogP contribution in [-0.4, -0.2) is 6.98 Å². The van der Waals surface area contributed by atoms with Crippen molar-refractivity contribution in [3.05, 3.63) is 108 Å². The minimum absolute atomic E-state index is 0.0216. The van der Waals surface area contributed by atoms with Crippen molar-refractivity contribution < 1.29 is 4.57 Å². The van der Waals surface area contributed by atoms with Gasteiger partial charge in [0.15, 0.2) is 0 Å². The third-order valence-corrected chi connectivity index (χ3v) is 6.31. The Morgan fingerprint density at radius 1 is 0.613 bits per heavy atom. The van der Waals surface area contributed by atoms with E-state index in [1.165, 1.54) is 45.0 Å². The van der Waals surface area contributed by atoms with E-state index in [1.807, 2.05) is 0 Å². The summed E-state index contributed by atoms with van der Waals surface area (Å²) >= 11 is 0. The van der Waals surface area contributed by atoms with E-state index in [0.717, 1.165) is 0 Å². The predicted molar refractivity (Wildman–Crippen MR) is 131 cm³/mol. The molecule has 0 bridgehead atoms. The standard InChI is InChI=1S/C27H27BN3/c1-20-12-8-9-17-24(20)31-27-25(18-11-19-29(27)4)30(23-15-6-5-7-16-23)28(31)26-21(2)13-10-14-22(26)3/h5-19H,1-4H3/q+1. The van der Waals surface area contributed by atoms with Crippen molar-refractivity contribution >= 4 is 35.3 Å². The monoisotopic (exact) mass is 404 g/mol. The van der Waals surface area contributed by atoms with Gasteiger partial charge < -0.3 is 4.81 Å². The number of benzene rings is 3. The summed E-state index contributed by atoms with van der Waals surface area (Å²) in [5.41, 5.74) is 8.87. The molecule has 0 atom stereocenters. The van der Waals surface area contributed by atoms with Gasteiger partial charge in [0, 0.05) is 11.2 Å². The molecule has 0 fully saturated rings. The number of para-hydroxylation sites is 2. The average molecular weight is 404 g/mol. The summed E-state index contributed by atoms with van der Waals surface area (Å²) in [7, 11) is 2.14. The Kier molecular flexibility index (Phi) is 4.78. The van der Waals surface area contributed by atoms with Crippen molar-refractivity contribution in [1.29, 1.82) is 0 Å². The number of aryl methyl sites for hydroxylation is 4. The summed E-state index contributed by atoms with van der Waals surface area (Å²) in [6, 6.07) is 30.4. The van der Waals surface area contributed by atoms with E-state index in [2.05, 4.69) is 133 Å². The molecule has 0 radical (unpaired) electrons. The van der Waals surface area contributed by atoms with Gasteiger partial charge in [-0.05, 0) is 67.8 Å². The van der Waals surface area contributed by atoms with Gasteiger partial charge in [0.2, 0.25) is 0 Å². The normalized spacial score (nSPS) is 13.0. The lowest BCUT2D eigenvalue weighted by molar-refractivity contribution is -0.657. The maximum absolute atomic E-state index is 2.51. The van der Waals surface area contributed by atoms with Crippen molar-refractivity contribution in [3.8, 4) is 0 Å². The lowest BCUT2D eigenvalue weighted by Gasteiger charge is -2.27. The number of hydrogen-bond acceptors (Lipinski definition) is 2. The molecule has 5 rings (SSSR count). The second-order valence-corrected chi connectivity index (χ2v) is 8.37. The van der Waals surface area contributed by atoms with Crippen LogP contribution in [0.25, 0.3) is 0 Å². The first-order chi connectivity index (χ1) is 15.1. The van der Waals surface area contributed by atoms with Crippen LogP contribution in [-0.2, 0) is 7.05 Å². The molecule has 0 saturated heterocycles. The Hall–Kier alpha value is -3.53. The van der Waals surface area contributed by atoms with Crippen LogP contribution in [0, 0.1) is 20.8 Å². The molecule has 0 unspecified atom stereocenters. The van der Waals surface area contributed by atoms with Gasteiger partial charge in [0.1, 0.15) is 11.4 Å². The number of nitrogens with zero attached hydrogens (tertiary/aromatic N) is 3. The zero-order chi connectivity index (χ0) is 21.5. The molecule has 0 aliphatic carbocycles. The third-order valence-electron chi connectivity index (χ3n) is 6.31. The highest BCUT2D eigenvalue weighted by Gasteiger charge is 2.53. The lowest BCUT2D eigenvalue weighted by atomic mass is 9.61. The van der Waals surface area contributed by atoms with Crippen LogP contribution >= 0.6 is 0 Å². The van der Waals surface area contributed by atoms with Crippen molar-refractivity contribution in [2.75, 3.05) is 9.62 Å². The van der Waals surface area contributed by atoms with Gasteiger partial charge in [-0.1, -0.05) is 54.6 Å². The average Bonchev–Trinajstić information content (AvgIpc) is 3.10. The molecule has 3 aromatic carbocycles. The number of rotatable bonds is 3. The maximum Gasteiger partial charge on any atom is 0.543 e. The summed E-state index contributed by atoms with van der Waals surface area (Å²) in [6.45, 7) is 6.67. The maximum atomic E-state index is 2.51. The van der Waals surface area contributed by atoms with Gasteiger partial charge in [-0.2, -0.15) is 0 Å². The highest BCUT2D eigenvalue weighted by atomic mass is 15.4. The van der Waals surface area contributed by atoms with Crippen LogP contribution in [0.15, 0.2) is 91.1 Å². The molecular weight excluding hydrogens is 377 g/mol. The van der Waals surface area contributed by atoms with Crippen molar-refractivity contribution in [3.63, 3.8) is 0 Å². The van der Waals surface area contributed by atoms with Gasteiger partial charge in [-0.3, -0.25) is 4.81 Å². The fourth-order valence-electron chi connectivity index (χ4n) is 4.87. The lowest BCUT2D eigenvalue weighted by Crippen LogP contribution is -2.56. The van der Waals surface area contributed by atoms with Crippen LogP contribution < -0.4 is 19.7 Å². The van der Waals surface area contributed by atoms with Crippen molar-refractivity contribution in [2.24, 2.45) is 7.05 Å². The second kappa shape index (κ2) is 7.62. The first-order valence-corrected chi connectivity index (χ1v) is 10.8. The Morgan fingerprint density at radius 2 is 1.23 bits per heavy atom. The molecule has 0 spiro atoms. The number of aromatic nitrogens is 1. The molecule has 1 aromatic heterocycles. The van der Waals surface area contributed by atoms with E-state index >= 15 is 0 Å². The Balaban J connectivity index is 1.87. The highest BCUT2D eigenvalue weighted by molar-refractivity contribution is 6.84. The van der Waals surface area contributed by atoms with Crippen molar-refractivity contribution in [2.45, 2.75) is 20.8 Å². The fraction of sp³-hybridized carbons (Fsp3) is 0.148.